The van der Waals surface area contributed by atoms with Crippen molar-refractivity contribution in [2.75, 3.05) is 0 Å². The zero-order valence-electron chi connectivity index (χ0n) is 16.0. The summed E-state index contributed by atoms with van der Waals surface area (Å²) in [4.78, 5) is 11.3. The quantitative estimate of drug-likeness (QED) is 0.156. The van der Waals surface area contributed by atoms with Gasteiger partial charge in [0.15, 0.2) is 0 Å². The van der Waals surface area contributed by atoms with Crippen molar-refractivity contribution in [3.8, 4) is 0 Å². The fourth-order valence-electron chi connectivity index (χ4n) is 2.95. The normalized spacial score (nSPS) is 12.7. The van der Waals surface area contributed by atoms with E-state index in [1.165, 1.54) is 44.6 Å². The Hall–Kier alpha value is -0.833. The van der Waals surface area contributed by atoms with Crippen LogP contribution in [0.15, 0.2) is 24.8 Å². The van der Waals surface area contributed by atoms with Crippen molar-refractivity contribution in [2.24, 2.45) is 0 Å². The maximum absolute atomic E-state index is 11.3. The Bertz CT molecular complexity index is 355. The van der Waals surface area contributed by atoms with Crippen LogP contribution in [0.2, 0.25) is 25.7 Å². The van der Waals surface area contributed by atoms with Crippen molar-refractivity contribution in [1.82, 2.24) is 0 Å². The molecule has 3 heteroatoms. The molecule has 23 heavy (non-hydrogen) atoms. The third-order valence-corrected chi connectivity index (χ3v) is 5.37. The Balaban J connectivity index is 3.99. The third kappa shape index (κ3) is 15.8. The summed E-state index contributed by atoms with van der Waals surface area (Å²) in [7, 11) is -1.13. The van der Waals surface area contributed by atoms with E-state index in [0.29, 0.717) is 0 Å². The van der Waals surface area contributed by atoms with Crippen molar-refractivity contribution in [3.05, 3.63) is 24.8 Å². The zero-order valence-corrected chi connectivity index (χ0v) is 17.0. The zero-order chi connectivity index (χ0) is 17.7. The summed E-state index contributed by atoms with van der Waals surface area (Å²) < 4.78 is 5.50. The van der Waals surface area contributed by atoms with Gasteiger partial charge in [-0.2, -0.15) is 0 Å². The van der Waals surface area contributed by atoms with Crippen molar-refractivity contribution in [2.45, 2.75) is 96.5 Å². The van der Waals surface area contributed by atoms with Crippen LogP contribution in [0, 0.1) is 0 Å². The minimum absolute atomic E-state index is 0.0251. The number of rotatable bonds is 14. The number of esters is 1. The number of allylic oxidation sites excluding steroid dienone is 1. The predicted molar refractivity (Wildman–Crippen MR) is 105 cm³/mol. The van der Waals surface area contributed by atoms with Crippen LogP contribution in [0.4, 0.5) is 0 Å². The molecule has 0 aliphatic heterocycles. The number of ether oxygens (including phenoxy) is 1. The van der Waals surface area contributed by atoms with Crippen LogP contribution in [-0.2, 0) is 9.53 Å². The van der Waals surface area contributed by atoms with Crippen LogP contribution in [0.1, 0.15) is 64.7 Å². The second kappa shape index (κ2) is 12.6. The summed E-state index contributed by atoms with van der Waals surface area (Å²) in [5.41, 5.74) is 1.25. The maximum atomic E-state index is 11.3. The molecule has 0 aliphatic rings. The van der Waals surface area contributed by atoms with E-state index < -0.39 is 8.07 Å². The number of hydrogen-bond acceptors (Lipinski definition) is 2. The van der Waals surface area contributed by atoms with Gasteiger partial charge in [-0.05, 0) is 31.7 Å². The molecule has 0 heterocycles. The molecule has 134 valence electrons. The van der Waals surface area contributed by atoms with Gasteiger partial charge in [0, 0.05) is 21.4 Å². The number of unbranched alkanes of at least 4 members (excludes halogenated alkanes) is 6. The summed E-state index contributed by atoms with van der Waals surface area (Å²) in [5, 5.41) is 0. The summed E-state index contributed by atoms with van der Waals surface area (Å²) in [6.07, 6.45) is 12.5. The molecule has 0 N–H and O–H groups in total. The minimum Gasteiger partial charge on any atom is -0.462 e. The van der Waals surface area contributed by atoms with Gasteiger partial charge >= 0.3 is 5.97 Å². The molecule has 0 fully saturated rings. The van der Waals surface area contributed by atoms with Crippen LogP contribution >= 0.6 is 0 Å². The lowest BCUT2D eigenvalue weighted by Crippen LogP contribution is -2.23. The average molecular weight is 339 g/mol. The van der Waals surface area contributed by atoms with Crippen LogP contribution in [0.5, 0.6) is 0 Å². The smallest absolute Gasteiger partial charge is 0.302 e. The second-order valence-electron chi connectivity index (χ2n) is 7.91. The highest BCUT2D eigenvalue weighted by Crippen LogP contribution is 2.22. The molecule has 0 spiro atoms. The van der Waals surface area contributed by atoms with Crippen LogP contribution in [0.25, 0.3) is 0 Å². The molecule has 0 aromatic heterocycles. The third-order valence-electron chi connectivity index (χ3n) is 3.81. The van der Waals surface area contributed by atoms with Gasteiger partial charge in [0.25, 0.3) is 0 Å². The molecule has 0 aromatic rings. The molecule has 2 nitrogen and oxygen atoms in total. The van der Waals surface area contributed by atoms with Gasteiger partial charge in [-0.15, -0.1) is 13.2 Å². The van der Waals surface area contributed by atoms with Gasteiger partial charge in [-0.25, -0.2) is 0 Å². The van der Waals surface area contributed by atoms with E-state index in [0.717, 1.165) is 31.7 Å². The Labute approximate surface area is 145 Å². The highest BCUT2D eigenvalue weighted by atomic mass is 28.3. The fraction of sp³-hybridized carbons (Fsp3) is 0.750. The molecule has 0 rings (SSSR count). The molecule has 1 atom stereocenters. The highest BCUT2D eigenvalue weighted by molar-refractivity contribution is 6.76. The Kier molecular flexibility index (Phi) is 12.1. The number of carbonyl (C=O) groups is 1. The number of hydrogen-bond donors (Lipinski definition) is 0. The van der Waals surface area contributed by atoms with Crippen LogP contribution in [-0.4, -0.2) is 20.1 Å². The summed E-state index contributed by atoms with van der Waals surface area (Å²) in [6.45, 7) is 16.5. The lowest BCUT2D eigenvalue weighted by Gasteiger charge is -2.22. The lowest BCUT2D eigenvalue weighted by molar-refractivity contribution is -0.146. The van der Waals surface area contributed by atoms with Crippen molar-refractivity contribution in [3.63, 3.8) is 0 Å². The predicted octanol–water partition coefficient (Wildman–Crippen LogP) is 6.51. The van der Waals surface area contributed by atoms with Crippen LogP contribution in [0.3, 0.4) is 0 Å². The summed E-state index contributed by atoms with van der Waals surface area (Å²) in [6, 6.07) is 1.12. The van der Waals surface area contributed by atoms with E-state index in [1.54, 1.807) is 0 Å². The molecule has 0 aliphatic carbocycles. The maximum Gasteiger partial charge on any atom is 0.302 e. The van der Waals surface area contributed by atoms with E-state index in [4.69, 9.17) is 4.74 Å². The van der Waals surface area contributed by atoms with E-state index in [1.807, 2.05) is 6.08 Å². The van der Waals surface area contributed by atoms with Crippen LogP contribution < -0.4 is 0 Å². The van der Waals surface area contributed by atoms with Gasteiger partial charge in [0.05, 0.1) is 0 Å². The number of carbonyl (C=O) groups excluding carboxylic acids is 1. The van der Waals surface area contributed by atoms with Gasteiger partial charge < -0.3 is 4.74 Å². The van der Waals surface area contributed by atoms with E-state index in [-0.39, 0.29) is 12.1 Å². The van der Waals surface area contributed by atoms with Crippen molar-refractivity contribution in [1.29, 1.82) is 0 Å². The Morgan fingerprint density at radius 1 is 1.09 bits per heavy atom. The van der Waals surface area contributed by atoms with Gasteiger partial charge in [-0.3, -0.25) is 4.79 Å². The molecule has 1 unspecified atom stereocenters. The topological polar surface area (TPSA) is 26.3 Å². The summed E-state index contributed by atoms with van der Waals surface area (Å²) in [5.74, 6) is -0.166. The Morgan fingerprint density at radius 3 is 2.17 bits per heavy atom. The highest BCUT2D eigenvalue weighted by Gasteiger charge is 2.19. The molecule has 0 saturated carbocycles. The SMILES string of the molecule is C=CCCCCCCCCC(CC(=C)C[Si](C)(C)C)OC(C)=O. The first-order chi connectivity index (χ1) is 10.7. The molecular formula is C20H38O2Si. The first-order valence-electron chi connectivity index (χ1n) is 9.19. The molecule has 0 bridgehead atoms. The van der Waals surface area contributed by atoms with E-state index in [2.05, 4.69) is 32.8 Å². The first-order valence-corrected chi connectivity index (χ1v) is 12.9. The second-order valence-corrected chi connectivity index (χ2v) is 13.4. The molecule has 0 amide bonds. The van der Waals surface area contributed by atoms with Gasteiger partial charge in [0.1, 0.15) is 6.10 Å². The molecular weight excluding hydrogens is 300 g/mol. The average Bonchev–Trinajstić information content (AvgIpc) is 2.38. The molecule has 0 aromatic carbocycles. The fourth-order valence-corrected chi connectivity index (χ4v) is 4.59. The lowest BCUT2D eigenvalue weighted by atomic mass is 10.0. The standard InChI is InChI=1S/C20H38O2Si/c1-7-8-9-10-11-12-13-14-15-20(22-19(3)21)16-18(2)17-23(4,5)6/h7,20H,1-2,8-17H2,3-6H3. The Morgan fingerprint density at radius 2 is 1.65 bits per heavy atom. The minimum atomic E-state index is -1.13. The van der Waals surface area contributed by atoms with E-state index in [9.17, 15) is 4.79 Å². The van der Waals surface area contributed by atoms with Crippen molar-refractivity contribution < 1.29 is 9.53 Å². The monoisotopic (exact) mass is 338 g/mol. The summed E-state index contributed by atoms with van der Waals surface area (Å²) >= 11 is 0. The van der Waals surface area contributed by atoms with Gasteiger partial charge in [-0.1, -0.05) is 57.0 Å². The molecule has 0 saturated heterocycles. The van der Waals surface area contributed by atoms with Gasteiger partial charge in [0.2, 0.25) is 0 Å². The van der Waals surface area contributed by atoms with Crippen molar-refractivity contribution >= 4 is 14.0 Å². The van der Waals surface area contributed by atoms with E-state index >= 15 is 0 Å². The largest absolute Gasteiger partial charge is 0.462 e. The molecule has 0 radical (unpaired) electrons. The first kappa shape index (κ1) is 22.2.